The molecule has 0 unspecified atom stereocenters. The molecule has 0 fully saturated rings. The molecular weight excluding hydrogens is 364 g/mol. The van der Waals surface area contributed by atoms with E-state index in [-0.39, 0.29) is 11.9 Å². The molecule has 3 rings (SSSR count). The largest absolute Gasteiger partial charge is 0.493 e. The van der Waals surface area contributed by atoms with Gasteiger partial charge in [0.05, 0.1) is 20.3 Å². The molecule has 0 aromatic heterocycles. The SMILES string of the molecule is COc1ccc(CCN(C)[C@@H](C)C(=O)Nc2ccc3ccccc3c2)cc1OC. The van der Waals surface area contributed by atoms with Crippen molar-refractivity contribution in [1.82, 2.24) is 4.90 Å². The Morgan fingerprint density at radius 2 is 1.69 bits per heavy atom. The van der Waals surface area contributed by atoms with E-state index in [9.17, 15) is 4.79 Å². The number of amides is 1. The predicted octanol–water partition coefficient (Wildman–Crippen LogP) is 4.36. The van der Waals surface area contributed by atoms with Crippen LogP contribution in [0.4, 0.5) is 5.69 Å². The van der Waals surface area contributed by atoms with Gasteiger partial charge < -0.3 is 14.8 Å². The van der Waals surface area contributed by atoms with Crippen LogP contribution in [0.1, 0.15) is 12.5 Å². The number of ether oxygens (including phenoxy) is 2. The minimum absolute atomic E-state index is 0.0184. The molecule has 0 heterocycles. The Labute approximate surface area is 172 Å². The highest BCUT2D eigenvalue weighted by Crippen LogP contribution is 2.27. The fraction of sp³-hybridized carbons (Fsp3) is 0.292. The van der Waals surface area contributed by atoms with Gasteiger partial charge in [0.1, 0.15) is 0 Å². The van der Waals surface area contributed by atoms with Crippen LogP contribution in [0, 0.1) is 0 Å². The van der Waals surface area contributed by atoms with Gasteiger partial charge in [-0.15, -0.1) is 0 Å². The van der Waals surface area contributed by atoms with E-state index >= 15 is 0 Å². The number of carbonyl (C=O) groups is 1. The Bertz CT molecular complexity index is 987. The molecule has 0 aliphatic heterocycles. The molecule has 0 bridgehead atoms. The van der Waals surface area contributed by atoms with Crippen LogP contribution in [-0.2, 0) is 11.2 Å². The van der Waals surface area contributed by atoms with Gasteiger partial charge in [0.2, 0.25) is 5.91 Å². The van der Waals surface area contributed by atoms with Gasteiger partial charge in [0.25, 0.3) is 0 Å². The fourth-order valence-corrected chi connectivity index (χ4v) is 3.25. The van der Waals surface area contributed by atoms with Crippen LogP contribution >= 0.6 is 0 Å². The van der Waals surface area contributed by atoms with Crippen LogP contribution < -0.4 is 14.8 Å². The first-order chi connectivity index (χ1) is 14.0. The number of methoxy groups -OCH3 is 2. The fourth-order valence-electron chi connectivity index (χ4n) is 3.25. The number of rotatable bonds is 8. The number of hydrogen-bond acceptors (Lipinski definition) is 4. The molecule has 3 aromatic rings. The van der Waals surface area contributed by atoms with Crippen molar-refractivity contribution < 1.29 is 14.3 Å². The highest BCUT2D eigenvalue weighted by atomic mass is 16.5. The Hall–Kier alpha value is -3.05. The van der Waals surface area contributed by atoms with Crippen molar-refractivity contribution >= 4 is 22.4 Å². The number of nitrogens with one attached hydrogen (secondary N) is 1. The summed E-state index contributed by atoms with van der Waals surface area (Å²) in [5.74, 6) is 1.41. The molecule has 0 aliphatic rings. The summed E-state index contributed by atoms with van der Waals surface area (Å²) in [5.41, 5.74) is 1.95. The molecule has 152 valence electrons. The third-order valence-electron chi connectivity index (χ3n) is 5.26. The number of likely N-dealkylation sites (N-methyl/N-ethyl adjacent to an activating group) is 1. The monoisotopic (exact) mass is 392 g/mol. The van der Waals surface area contributed by atoms with E-state index in [1.807, 2.05) is 73.5 Å². The zero-order valence-electron chi connectivity index (χ0n) is 17.4. The molecular formula is C24H28N2O3. The van der Waals surface area contributed by atoms with E-state index in [1.54, 1.807) is 14.2 Å². The average molecular weight is 392 g/mol. The molecule has 0 radical (unpaired) electrons. The molecule has 0 saturated carbocycles. The molecule has 5 nitrogen and oxygen atoms in total. The van der Waals surface area contributed by atoms with Crippen LogP contribution in [-0.4, -0.2) is 44.7 Å². The van der Waals surface area contributed by atoms with Crippen molar-refractivity contribution in [3.63, 3.8) is 0 Å². The van der Waals surface area contributed by atoms with Crippen molar-refractivity contribution in [3.8, 4) is 11.5 Å². The van der Waals surface area contributed by atoms with E-state index in [2.05, 4.69) is 11.4 Å². The molecule has 5 heteroatoms. The van der Waals surface area contributed by atoms with E-state index in [4.69, 9.17) is 9.47 Å². The Morgan fingerprint density at radius 3 is 2.41 bits per heavy atom. The van der Waals surface area contributed by atoms with Gasteiger partial charge in [-0.3, -0.25) is 9.69 Å². The van der Waals surface area contributed by atoms with E-state index in [0.29, 0.717) is 5.75 Å². The van der Waals surface area contributed by atoms with Gasteiger partial charge >= 0.3 is 0 Å². The first kappa shape index (κ1) is 20.7. The minimum Gasteiger partial charge on any atom is -0.493 e. The lowest BCUT2D eigenvalue weighted by Gasteiger charge is -2.24. The molecule has 0 saturated heterocycles. The van der Waals surface area contributed by atoms with Crippen LogP contribution in [0.2, 0.25) is 0 Å². The van der Waals surface area contributed by atoms with Gasteiger partial charge in [0, 0.05) is 12.2 Å². The third kappa shape index (κ3) is 5.06. The quantitative estimate of drug-likeness (QED) is 0.619. The molecule has 0 aliphatic carbocycles. The van der Waals surface area contributed by atoms with Gasteiger partial charge in [-0.1, -0.05) is 36.4 Å². The predicted molar refractivity (Wildman–Crippen MR) is 118 cm³/mol. The second-order valence-corrected chi connectivity index (χ2v) is 7.15. The summed E-state index contributed by atoms with van der Waals surface area (Å²) in [4.78, 5) is 14.7. The molecule has 1 amide bonds. The Morgan fingerprint density at radius 1 is 0.966 bits per heavy atom. The van der Waals surface area contributed by atoms with Crippen molar-refractivity contribution in [2.75, 3.05) is 33.1 Å². The van der Waals surface area contributed by atoms with E-state index in [0.717, 1.165) is 40.7 Å². The topological polar surface area (TPSA) is 50.8 Å². The van der Waals surface area contributed by atoms with Crippen molar-refractivity contribution in [3.05, 3.63) is 66.2 Å². The normalized spacial score (nSPS) is 12.0. The van der Waals surface area contributed by atoms with Crippen LogP contribution in [0.25, 0.3) is 10.8 Å². The Balaban J connectivity index is 1.58. The van der Waals surface area contributed by atoms with Gasteiger partial charge in [-0.25, -0.2) is 0 Å². The second-order valence-electron chi connectivity index (χ2n) is 7.15. The van der Waals surface area contributed by atoms with Gasteiger partial charge in [0.15, 0.2) is 11.5 Å². The maximum absolute atomic E-state index is 12.7. The average Bonchev–Trinajstić information content (AvgIpc) is 2.76. The van der Waals surface area contributed by atoms with Crippen LogP contribution in [0.5, 0.6) is 11.5 Å². The van der Waals surface area contributed by atoms with Crippen LogP contribution in [0.15, 0.2) is 60.7 Å². The molecule has 29 heavy (non-hydrogen) atoms. The first-order valence-corrected chi connectivity index (χ1v) is 9.72. The zero-order chi connectivity index (χ0) is 20.8. The summed E-state index contributed by atoms with van der Waals surface area (Å²) in [7, 11) is 5.22. The van der Waals surface area contributed by atoms with Crippen molar-refractivity contribution in [2.45, 2.75) is 19.4 Å². The van der Waals surface area contributed by atoms with E-state index < -0.39 is 0 Å². The molecule has 1 N–H and O–H groups in total. The van der Waals surface area contributed by atoms with Gasteiger partial charge in [-0.2, -0.15) is 0 Å². The number of benzene rings is 3. The highest BCUT2D eigenvalue weighted by Gasteiger charge is 2.18. The Kier molecular flexibility index (Phi) is 6.73. The number of hydrogen-bond donors (Lipinski definition) is 1. The number of nitrogens with zero attached hydrogens (tertiary/aromatic N) is 1. The van der Waals surface area contributed by atoms with Crippen molar-refractivity contribution in [2.24, 2.45) is 0 Å². The zero-order valence-corrected chi connectivity index (χ0v) is 17.4. The lowest BCUT2D eigenvalue weighted by atomic mass is 10.1. The summed E-state index contributed by atoms with van der Waals surface area (Å²) in [6.45, 7) is 2.67. The maximum Gasteiger partial charge on any atom is 0.241 e. The number of anilines is 1. The summed E-state index contributed by atoms with van der Waals surface area (Å²) >= 11 is 0. The van der Waals surface area contributed by atoms with Crippen molar-refractivity contribution in [1.29, 1.82) is 0 Å². The highest BCUT2D eigenvalue weighted by molar-refractivity contribution is 5.97. The summed E-state index contributed by atoms with van der Waals surface area (Å²) in [6, 6.07) is 19.7. The minimum atomic E-state index is -0.249. The van der Waals surface area contributed by atoms with Gasteiger partial charge in [-0.05, 0) is 61.0 Å². The molecule has 0 spiro atoms. The summed E-state index contributed by atoms with van der Waals surface area (Å²) in [6.07, 6.45) is 0.810. The lowest BCUT2D eigenvalue weighted by molar-refractivity contribution is -0.120. The maximum atomic E-state index is 12.7. The first-order valence-electron chi connectivity index (χ1n) is 9.72. The summed E-state index contributed by atoms with van der Waals surface area (Å²) < 4.78 is 10.6. The number of fused-ring (bicyclic) bond motifs is 1. The summed E-state index contributed by atoms with van der Waals surface area (Å²) in [5, 5.41) is 5.30. The molecule has 3 aromatic carbocycles. The molecule has 1 atom stereocenters. The lowest BCUT2D eigenvalue weighted by Crippen LogP contribution is -2.40. The standard InChI is InChI=1S/C24H28N2O3/c1-17(24(27)25-21-11-10-19-7-5-6-8-20(19)16-21)26(2)14-13-18-9-12-22(28-3)23(15-18)29-4/h5-12,15-17H,13-14H2,1-4H3,(H,25,27)/t17-/m0/s1. The smallest absolute Gasteiger partial charge is 0.241 e. The number of carbonyl (C=O) groups excluding carboxylic acids is 1. The van der Waals surface area contributed by atoms with Crippen LogP contribution in [0.3, 0.4) is 0 Å². The second kappa shape index (κ2) is 9.43. The van der Waals surface area contributed by atoms with E-state index in [1.165, 1.54) is 0 Å². The third-order valence-corrected chi connectivity index (χ3v) is 5.26.